The van der Waals surface area contributed by atoms with E-state index >= 15 is 0 Å². The third kappa shape index (κ3) is 8.55. The van der Waals surface area contributed by atoms with Gasteiger partial charge in [0.15, 0.2) is 5.11 Å². The summed E-state index contributed by atoms with van der Waals surface area (Å²) in [4.78, 5) is 36.0. The van der Waals surface area contributed by atoms with E-state index in [-0.39, 0.29) is 35.2 Å². The summed E-state index contributed by atoms with van der Waals surface area (Å²) in [5, 5.41) is 5.22. The van der Waals surface area contributed by atoms with Gasteiger partial charge in [-0.25, -0.2) is 0 Å². The molecule has 0 aliphatic carbocycles. The minimum Gasteiger partial charge on any atom is -0.352 e. The lowest BCUT2D eigenvalue weighted by atomic mass is 9.87. The van der Waals surface area contributed by atoms with Crippen LogP contribution >= 0.6 is 12.2 Å². The molecule has 8 heteroatoms. The number of hydrogen-bond acceptors (Lipinski definition) is 4. The monoisotopic (exact) mass is 440 g/mol. The molecule has 164 valence electrons. The predicted molar refractivity (Wildman–Crippen MR) is 124 cm³/mol. The highest BCUT2D eigenvalue weighted by molar-refractivity contribution is 7.80. The molecule has 2 rings (SSSR count). The lowest BCUT2D eigenvalue weighted by Gasteiger charge is -2.19. The average molecular weight is 441 g/mol. The highest BCUT2D eigenvalue weighted by atomic mass is 32.1. The Labute approximate surface area is 188 Å². The molecule has 2 aromatic carbocycles. The Morgan fingerprint density at radius 3 is 2.06 bits per heavy atom. The van der Waals surface area contributed by atoms with Crippen molar-refractivity contribution in [3.63, 3.8) is 0 Å². The average Bonchev–Trinajstić information content (AvgIpc) is 2.75. The molecule has 3 amide bonds. The summed E-state index contributed by atoms with van der Waals surface area (Å²) in [6.07, 6.45) is 0.0258. The number of carbonyl (C=O) groups excluding carboxylic acids is 3. The molecule has 0 bridgehead atoms. The first-order valence-electron chi connectivity index (χ1n) is 9.96. The third-order valence-electron chi connectivity index (χ3n) is 4.47. The van der Waals surface area contributed by atoms with E-state index in [0.29, 0.717) is 12.1 Å². The number of benzene rings is 2. The largest absolute Gasteiger partial charge is 0.352 e. The van der Waals surface area contributed by atoms with Gasteiger partial charge in [0.05, 0.1) is 0 Å². The number of rotatable bonds is 6. The maximum absolute atomic E-state index is 12.3. The minimum absolute atomic E-state index is 0.00536. The van der Waals surface area contributed by atoms with Gasteiger partial charge in [0.1, 0.15) is 0 Å². The first-order valence-corrected chi connectivity index (χ1v) is 10.4. The summed E-state index contributed by atoms with van der Waals surface area (Å²) in [5.41, 5.74) is 7.39. The normalized spacial score (nSPS) is 10.7. The molecule has 0 radical (unpaired) electrons. The number of nitrogens with one attached hydrogen (secondary N) is 4. The van der Waals surface area contributed by atoms with E-state index in [1.807, 2.05) is 42.5 Å². The van der Waals surface area contributed by atoms with E-state index in [1.165, 1.54) is 0 Å². The number of hydrazine groups is 1. The zero-order valence-corrected chi connectivity index (χ0v) is 18.8. The van der Waals surface area contributed by atoms with Crippen molar-refractivity contribution in [1.29, 1.82) is 0 Å². The van der Waals surface area contributed by atoms with Crippen molar-refractivity contribution in [2.75, 3.05) is 0 Å². The van der Waals surface area contributed by atoms with Crippen LogP contribution in [0.5, 0.6) is 0 Å². The molecule has 0 saturated heterocycles. The minimum atomic E-state index is -0.416. The Morgan fingerprint density at radius 2 is 1.45 bits per heavy atom. The number of amides is 3. The van der Waals surface area contributed by atoms with Gasteiger partial charge in [-0.05, 0) is 40.9 Å². The van der Waals surface area contributed by atoms with E-state index in [9.17, 15) is 14.4 Å². The molecular weight excluding hydrogens is 412 g/mol. The van der Waals surface area contributed by atoms with Crippen molar-refractivity contribution >= 4 is 35.1 Å². The number of hydrogen-bond donors (Lipinski definition) is 4. The standard InChI is InChI=1S/C23H28N4O3S/c1-23(2,3)18-11-9-17(10-12-18)21(30)25-22(31)27-26-20(29)14-13-19(28)24-15-16-7-5-4-6-8-16/h4-12H,13-15H2,1-3H3,(H,24,28)(H,26,29)(H2,25,27,30,31). The zero-order valence-electron chi connectivity index (χ0n) is 18.0. The molecule has 0 aromatic heterocycles. The first-order chi connectivity index (χ1) is 14.6. The Balaban J connectivity index is 1.67. The zero-order chi connectivity index (χ0) is 22.9. The maximum atomic E-state index is 12.3. The fraction of sp³-hybridized carbons (Fsp3) is 0.304. The molecule has 0 aliphatic heterocycles. The lowest BCUT2D eigenvalue weighted by Crippen LogP contribution is -2.48. The number of thiocarbonyl (C=S) groups is 1. The van der Waals surface area contributed by atoms with E-state index in [1.54, 1.807) is 12.1 Å². The first kappa shape index (κ1) is 24.0. The molecule has 0 heterocycles. The van der Waals surface area contributed by atoms with Gasteiger partial charge < -0.3 is 5.32 Å². The van der Waals surface area contributed by atoms with Gasteiger partial charge in [-0.1, -0.05) is 63.2 Å². The summed E-state index contributed by atoms with van der Waals surface area (Å²) >= 11 is 5.03. The summed E-state index contributed by atoms with van der Waals surface area (Å²) in [6, 6.07) is 16.8. The van der Waals surface area contributed by atoms with Crippen LogP contribution in [0.1, 0.15) is 55.1 Å². The Morgan fingerprint density at radius 1 is 0.839 bits per heavy atom. The molecule has 4 N–H and O–H groups in total. The maximum Gasteiger partial charge on any atom is 0.257 e. The molecule has 0 aliphatic rings. The second-order valence-electron chi connectivity index (χ2n) is 8.05. The van der Waals surface area contributed by atoms with Crippen LogP contribution in [0.2, 0.25) is 0 Å². The third-order valence-corrected chi connectivity index (χ3v) is 4.67. The Hall–Kier alpha value is -3.26. The van der Waals surface area contributed by atoms with Crippen molar-refractivity contribution in [3.8, 4) is 0 Å². The summed E-state index contributed by atoms with van der Waals surface area (Å²) < 4.78 is 0. The van der Waals surface area contributed by atoms with Crippen LogP contribution in [-0.4, -0.2) is 22.8 Å². The molecule has 0 saturated carbocycles. The van der Waals surface area contributed by atoms with Gasteiger partial charge in [-0.15, -0.1) is 0 Å². The van der Waals surface area contributed by atoms with Gasteiger partial charge in [0.2, 0.25) is 11.8 Å². The van der Waals surface area contributed by atoms with E-state index < -0.39 is 5.91 Å². The second-order valence-corrected chi connectivity index (χ2v) is 8.45. The fourth-order valence-electron chi connectivity index (χ4n) is 2.63. The summed E-state index contributed by atoms with van der Waals surface area (Å²) in [7, 11) is 0. The van der Waals surface area contributed by atoms with Crippen molar-refractivity contribution in [2.24, 2.45) is 0 Å². The Kier molecular flexibility index (Phi) is 8.69. The molecular formula is C23H28N4O3S. The summed E-state index contributed by atoms with van der Waals surface area (Å²) in [6.45, 7) is 6.69. The number of carbonyl (C=O) groups is 3. The van der Waals surface area contributed by atoms with Crippen LogP contribution < -0.4 is 21.5 Å². The quantitative estimate of drug-likeness (QED) is 0.409. The van der Waals surface area contributed by atoms with Crippen LogP contribution in [0, 0.1) is 0 Å². The van der Waals surface area contributed by atoms with Crippen LogP contribution in [0.4, 0.5) is 0 Å². The molecule has 7 nitrogen and oxygen atoms in total. The SMILES string of the molecule is CC(C)(C)c1ccc(C(=O)NC(=S)NNC(=O)CCC(=O)NCc2ccccc2)cc1. The van der Waals surface area contributed by atoms with Crippen LogP contribution in [0.3, 0.4) is 0 Å². The van der Waals surface area contributed by atoms with E-state index in [0.717, 1.165) is 11.1 Å². The van der Waals surface area contributed by atoms with Gasteiger partial charge >= 0.3 is 0 Å². The summed E-state index contributed by atoms with van der Waals surface area (Å²) in [5.74, 6) is -1.03. The van der Waals surface area contributed by atoms with Crippen LogP contribution in [0.15, 0.2) is 54.6 Å². The van der Waals surface area contributed by atoms with Gasteiger partial charge in [0.25, 0.3) is 5.91 Å². The van der Waals surface area contributed by atoms with Crippen molar-refractivity contribution < 1.29 is 14.4 Å². The lowest BCUT2D eigenvalue weighted by molar-refractivity contribution is -0.126. The molecule has 0 unspecified atom stereocenters. The molecule has 0 atom stereocenters. The smallest absolute Gasteiger partial charge is 0.257 e. The molecule has 2 aromatic rings. The Bertz CT molecular complexity index is 922. The highest BCUT2D eigenvalue weighted by Gasteiger charge is 2.15. The van der Waals surface area contributed by atoms with Crippen LogP contribution in [-0.2, 0) is 21.5 Å². The van der Waals surface area contributed by atoms with Crippen LogP contribution in [0.25, 0.3) is 0 Å². The van der Waals surface area contributed by atoms with Gasteiger partial charge in [-0.2, -0.15) is 0 Å². The van der Waals surface area contributed by atoms with Crippen molar-refractivity contribution in [3.05, 3.63) is 71.3 Å². The van der Waals surface area contributed by atoms with Gasteiger partial charge in [0, 0.05) is 24.9 Å². The van der Waals surface area contributed by atoms with E-state index in [2.05, 4.69) is 42.3 Å². The van der Waals surface area contributed by atoms with Crippen molar-refractivity contribution in [1.82, 2.24) is 21.5 Å². The van der Waals surface area contributed by atoms with Gasteiger partial charge in [-0.3, -0.25) is 30.6 Å². The topological polar surface area (TPSA) is 99.3 Å². The molecule has 0 spiro atoms. The second kappa shape index (κ2) is 11.2. The molecule has 0 fully saturated rings. The fourth-order valence-corrected chi connectivity index (χ4v) is 2.77. The predicted octanol–water partition coefficient (Wildman–Crippen LogP) is 2.72. The molecule has 31 heavy (non-hydrogen) atoms. The van der Waals surface area contributed by atoms with E-state index in [4.69, 9.17) is 12.2 Å². The highest BCUT2D eigenvalue weighted by Crippen LogP contribution is 2.22. The van der Waals surface area contributed by atoms with Crippen molar-refractivity contribution in [2.45, 2.75) is 45.6 Å².